The number of piperidine rings is 1. The van der Waals surface area contributed by atoms with E-state index < -0.39 is 0 Å². The number of hydrogen-bond acceptors (Lipinski definition) is 3. The van der Waals surface area contributed by atoms with Crippen LogP contribution in [0.2, 0.25) is 5.02 Å². The quantitative estimate of drug-likeness (QED) is 0.316. The van der Waals surface area contributed by atoms with Gasteiger partial charge in [0.25, 0.3) is 5.91 Å². The van der Waals surface area contributed by atoms with Crippen LogP contribution in [-0.4, -0.2) is 43.8 Å². The number of H-pyrrole nitrogens is 2. The molecule has 0 aliphatic carbocycles. The number of benzene rings is 3. The molecule has 1 amide bonds. The third-order valence-corrected chi connectivity index (χ3v) is 6.87. The van der Waals surface area contributed by atoms with Crippen LogP contribution in [0.1, 0.15) is 34.9 Å². The lowest BCUT2D eigenvalue weighted by molar-refractivity contribution is 0.0705. The molecule has 1 saturated heterocycles. The molecule has 1 aliphatic rings. The van der Waals surface area contributed by atoms with Crippen molar-refractivity contribution in [2.75, 3.05) is 13.1 Å². The van der Waals surface area contributed by atoms with E-state index >= 15 is 0 Å². The van der Waals surface area contributed by atoms with Crippen LogP contribution in [0.5, 0.6) is 0 Å². The summed E-state index contributed by atoms with van der Waals surface area (Å²) in [6.45, 7) is 1.40. The molecule has 6 rings (SSSR count). The second-order valence-electron chi connectivity index (χ2n) is 8.96. The maximum Gasteiger partial charge on any atom is 0.253 e. The van der Waals surface area contributed by atoms with Crippen LogP contribution in [0.3, 0.4) is 0 Å². The van der Waals surface area contributed by atoms with Crippen LogP contribution < -0.4 is 0 Å². The highest BCUT2D eigenvalue weighted by Crippen LogP contribution is 2.29. The number of halogens is 1. The standard InChI is InChI=1S/C28H24ClN5O/c29-22-11-8-19(9-12-22)27-31-23-13-10-20(15-24(23)32-27)28(35)34-14-4-7-21(17-34)26-30-16-25(33-26)18-5-2-1-3-6-18/h1-3,5-6,8-13,15-16,21H,4,7,14,17H2,(H,30,33)(H,31,32). The van der Waals surface area contributed by atoms with Crippen LogP contribution in [0, 0.1) is 0 Å². The monoisotopic (exact) mass is 481 g/mol. The van der Waals surface area contributed by atoms with Crippen molar-refractivity contribution in [1.82, 2.24) is 24.8 Å². The normalized spacial score (nSPS) is 16.0. The van der Waals surface area contributed by atoms with Crippen molar-refractivity contribution in [1.29, 1.82) is 0 Å². The van der Waals surface area contributed by atoms with Gasteiger partial charge in [0.05, 0.1) is 22.9 Å². The smallest absolute Gasteiger partial charge is 0.253 e. The van der Waals surface area contributed by atoms with E-state index in [-0.39, 0.29) is 11.8 Å². The first-order chi connectivity index (χ1) is 17.1. The van der Waals surface area contributed by atoms with Gasteiger partial charge in [0.1, 0.15) is 11.6 Å². The van der Waals surface area contributed by atoms with Crippen LogP contribution in [-0.2, 0) is 0 Å². The van der Waals surface area contributed by atoms with E-state index in [0.29, 0.717) is 17.1 Å². The van der Waals surface area contributed by atoms with Crippen molar-refractivity contribution in [2.45, 2.75) is 18.8 Å². The molecular formula is C28H24ClN5O. The first-order valence-corrected chi connectivity index (χ1v) is 12.2. The maximum atomic E-state index is 13.4. The first kappa shape index (κ1) is 21.6. The van der Waals surface area contributed by atoms with Gasteiger partial charge in [-0.05, 0) is 60.9 Å². The van der Waals surface area contributed by atoms with E-state index in [1.807, 2.05) is 71.8 Å². The number of nitrogens with one attached hydrogen (secondary N) is 2. The van der Waals surface area contributed by atoms with Gasteiger partial charge in [0, 0.05) is 35.2 Å². The number of aromatic nitrogens is 4. The molecule has 7 heteroatoms. The fraction of sp³-hybridized carbons (Fsp3) is 0.179. The van der Waals surface area contributed by atoms with E-state index in [4.69, 9.17) is 11.6 Å². The molecule has 3 heterocycles. The summed E-state index contributed by atoms with van der Waals surface area (Å²) in [5.74, 6) is 1.93. The van der Waals surface area contributed by atoms with Crippen molar-refractivity contribution in [3.8, 4) is 22.6 Å². The first-order valence-electron chi connectivity index (χ1n) is 11.8. The number of amides is 1. The Balaban J connectivity index is 1.20. The summed E-state index contributed by atoms with van der Waals surface area (Å²) >= 11 is 6.01. The van der Waals surface area contributed by atoms with Crippen molar-refractivity contribution in [3.05, 3.63) is 95.4 Å². The Labute approximate surface area is 208 Å². The molecule has 1 unspecified atom stereocenters. The zero-order valence-electron chi connectivity index (χ0n) is 19.0. The number of imidazole rings is 2. The van der Waals surface area contributed by atoms with E-state index in [9.17, 15) is 4.79 Å². The average Bonchev–Trinajstić information content (AvgIpc) is 3.57. The van der Waals surface area contributed by atoms with Crippen molar-refractivity contribution >= 4 is 28.5 Å². The summed E-state index contributed by atoms with van der Waals surface area (Å²) < 4.78 is 0. The number of carbonyl (C=O) groups excluding carboxylic acids is 1. The van der Waals surface area contributed by atoms with Crippen LogP contribution in [0.4, 0.5) is 0 Å². The lowest BCUT2D eigenvalue weighted by atomic mass is 9.96. The van der Waals surface area contributed by atoms with Gasteiger partial charge in [-0.3, -0.25) is 4.79 Å². The lowest BCUT2D eigenvalue weighted by Gasteiger charge is -2.32. The number of fused-ring (bicyclic) bond motifs is 1. The minimum absolute atomic E-state index is 0.0362. The molecule has 2 aromatic heterocycles. The largest absolute Gasteiger partial charge is 0.342 e. The molecule has 5 aromatic rings. The van der Waals surface area contributed by atoms with E-state index in [2.05, 4.69) is 32.1 Å². The molecule has 3 aromatic carbocycles. The zero-order chi connectivity index (χ0) is 23.8. The summed E-state index contributed by atoms with van der Waals surface area (Å²) in [4.78, 5) is 31.5. The van der Waals surface area contributed by atoms with E-state index in [1.165, 1.54) is 0 Å². The Kier molecular flexibility index (Phi) is 5.58. The molecule has 174 valence electrons. The minimum atomic E-state index is 0.0362. The molecule has 35 heavy (non-hydrogen) atoms. The molecule has 0 radical (unpaired) electrons. The number of rotatable bonds is 4. The Bertz CT molecular complexity index is 1490. The molecule has 0 bridgehead atoms. The molecule has 1 atom stereocenters. The average molecular weight is 482 g/mol. The summed E-state index contributed by atoms with van der Waals surface area (Å²) in [6, 6.07) is 23.4. The molecule has 6 nitrogen and oxygen atoms in total. The van der Waals surface area contributed by atoms with Crippen molar-refractivity contribution in [2.24, 2.45) is 0 Å². The van der Waals surface area contributed by atoms with Gasteiger partial charge >= 0.3 is 0 Å². The molecule has 0 spiro atoms. The highest BCUT2D eigenvalue weighted by atomic mass is 35.5. The highest BCUT2D eigenvalue weighted by molar-refractivity contribution is 6.30. The number of nitrogens with zero attached hydrogens (tertiary/aromatic N) is 3. The predicted molar refractivity (Wildman–Crippen MR) is 138 cm³/mol. The van der Waals surface area contributed by atoms with Crippen molar-refractivity contribution in [3.63, 3.8) is 0 Å². The third-order valence-electron chi connectivity index (χ3n) is 6.62. The topological polar surface area (TPSA) is 77.7 Å². The van der Waals surface area contributed by atoms with Gasteiger partial charge in [0.15, 0.2) is 0 Å². The van der Waals surface area contributed by atoms with E-state index in [1.54, 1.807) is 0 Å². The number of aromatic amines is 2. The highest BCUT2D eigenvalue weighted by Gasteiger charge is 2.27. The van der Waals surface area contributed by atoms with Gasteiger partial charge in [-0.15, -0.1) is 0 Å². The number of likely N-dealkylation sites (tertiary alicyclic amines) is 1. The Morgan fingerprint density at radius 3 is 2.63 bits per heavy atom. The fourth-order valence-electron chi connectivity index (χ4n) is 4.76. The van der Waals surface area contributed by atoms with Gasteiger partial charge in [-0.2, -0.15) is 0 Å². The van der Waals surface area contributed by atoms with E-state index in [0.717, 1.165) is 58.9 Å². The van der Waals surface area contributed by atoms with Gasteiger partial charge < -0.3 is 14.9 Å². The third kappa shape index (κ3) is 4.33. The van der Waals surface area contributed by atoms with Gasteiger partial charge in [0.2, 0.25) is 0 Å². The molecule has 2 N–H and O–H groups in total. The molecular weight excluding hydrogens is 458 g/mol. The number of carbonyl (C=O) groups is 1. The fourth-order valence-corrected chi connectivity index (χ4v) is 4.89. The number of hydrogen-bond donors (Lipinski definition) is 2. The van der Waals surface area contributed by atoms with Crippen LogP contribution in [0.25, 0.3) is 33.7 Å². The Morgan fingerprint density at radius 2 is 1.80 bits per heavy atom. The predicted octanol–water partition coefficient (Wildman–Crippen LogP) is 6.29. The summed E-state index contributed by atoms with van der Waals surface area (Å²) in [5, 5.41) is 0.684. The molecule has 1 fully saturated rings. The Morgan fingerprint density at radius 1 is 0.971 bits per heavy atom. The Hall–Kier alpha value is -3.90. The zero-order valence-corrected chi connectivity index (χ0v) is 19.8. The molecule has 1 aliphatic heterocycles. The van der Waals surface area contributed by atoms with Crippen molar-refractivity contribution < 1.29 is 4.79 Å². The molecule has 0 saturated carbocycles. The lowest BCUT2D eigenvalue weighted by Crippen LogP contribution is -2.39. The summed E-state index contributed by atoms with van der Waals surface area (Å²) in [7, 11) is 0. The van der Waals surface area contributed by atoms with Gasteiger partial charge in [-0.25, -0.2) is 9.97 Å². The second kappa shape index (κ2) is 9.04. The minimum Gasteiger partial charge on any atom is -0.342 e. The van der Waals surface area contributed by atoms with Crippen LogP contribution in [0.15, 0.2) is 79.0 Å². The van der Waals surface area contributed by atoms with Gasteiger partial charge in [-0.1, -0.05) is 41.9 Å². The SMILES string of the molecule is O=C(c1ccc2nc(-c3ccc(Cl)cc3)[nH]c2c1)N1CCCC(c2ncc(-c3ccccc3)[nH]2)C1. The van der Waals surface area contributed by atoms with Crippen LogP contribution >= 0.6 is 11.6 Å². The maximum absolute atomic E-state index is 13.4. The summed E-state index contributed by atoms with van der Waals surface area (Å²) in [5.41, 5.74) is 5.39. The summed E-state index contributed by atoms with van der Waals surface area (Å²) in [6.07, 6.45) is 3.84. The second-order valence-corrected chi connectivity index (χ2v) is 9.40.